The average Bonchev–Trinajstić information content (AvgIpc) is 2.28. The molecule has 0 unspecified atom stereocenters. The fourth-order valence-electron chi connectivity index (χ4n) is 1.94. The van der Waals surface area contributed by atoms with Gasteiger partial charge in [0.15, 0.2) is 0 Å². The number of sulfonamides is 1. The summed E-state index contributed by atoms with van der Waals surface area (Å²) in [5.74, 6) is -0.811. The van der Waals surface area contributed by atoms with Crippen molar-refractivity contribution >= 4 is 34.0 Å². The van der Waals surface area contributed by atoms with E-state index in [2.05, 4.69) is 5.32 Å². The van der Waals surface area contributed by atoms with Crippen molar-refractivity contribution in [3.05, 3.63) is 29.0 Å². The molecule has 0 spiro atoms. The molecule has 1 aliphatic heterocycles. The van der Waals surface area contributed by atoms with Crippen LogP contribution in [0.4, 0.5) is 4.39 Å². The number of halogens is 3. The zero-order valence-corrected chi connectivity index (χ0v) is 12.7. The van der Waals surface area contributed by atoms with Crippen LogP contribution in [0.5, 0.6) is 0 Å². The third-order valence-corrected chi connectivity index (χ3v) is 4.98. The van der Waals surface area contributed by atoms with Gasteiger partial charge in [0.25, 0.3) is 0 Å². The van der Waals surface area contributed by atoms with E-state index in [-0.39, 0.29) is 28.4 Å². The molecule has 1 saturated heterocycles. The first-order valence-corrected chi connectivity index (χ1v) is 7.41. The number of benzene rings is 1. The summed E-state index contributed by atoms with van der Waals surface area (Å²) in [7, 11) is -3.78. The lowest BCUT2D eigenvalue weighted by Gasteiger charge is -2.31. The van der Waals surface area contributed by atoms with Crippen LogP contribution in [-0.2, 0) is 10.0 Å². The van der Waals surface area contributed by atoms with Crippen molar-refractivity contribution in [1.82, 2.24) is 9.62 Å². The lowest BCUT2D eigenvalue weighted by Crippen LogP contribution is -2.51. The molecule has 0 saturated carbocycles. The molecule has 4 nitrogen and oxygen atoms in total. The molecule has 1 heterocycles. The summed E-state index contributed by atoms with van der Waals surface area (Å²) in [6, 6.07) is 3.66. The number of nitrogens with one attached hydrogen (secondary N) is 1. The van der Waals surface area contributed by atoms with Crippen LogP contribution >= 0.6 is 24.0 Å². The molecule has 1 aromatic carbocycles. The van der Waals surface area contributed by atoms with Crippen molar-refractivity contribution in [2.45, 2.75) is 17.9 Å². The predicted octanol–water partition coefficient (Wildman–Crippen LogP) is 1.88. The van der Waals surface area contributed by atoms with Crippen LogP contribution < -0.4 is 5.32 Å². The van der Waals surface area contributed by atoms with Gasteiger partial charge in [0.2, 0.25) is 10.0 Å². The number of rotatable bonds is 2. The second-order valence-electron chi connectivity index (χ2n) is 4.29. The molecule has 1 N–H and O–H groups in total. The van der Waals surface area contributed by atoms with Crippen molar-refractivity contribution in [2.75, 3.05) is 19.6 Å². The van der Waals surface area contributed by atoms with Crippen LogP contribution in [0, 0.1) is 5.82 Å². The fraction of sp³-hybridized carbons (Fsp3) is 0.455. The molecule has 1 fully saturated rings. The maximum Gasteiger partial charge on any atom is 0.246 e. The van der Waals surface area contributed by atoms with E-state index in [0.29, 0.717) is 19.6 Å². The van der Waals surface area contributed by atoms with Crippen molar-refractivity contribution in [3.8, 4) is 0 Å². The van der Waals surface area contributed by atoms with Crippen LogP contribution in [0.1, 0.15) is 6.92 Å². The van der Waals surface area contributed by atoms with Crippen LogP contribution in [0.2, 0.25) is 5.02 Å². The summed E-state index contributed by atoms with van der Waals surface area (Å²) in [6.45, 7) is 3.13. The molecule has 2 rings (SSSR count). The molecule has 1 aliphatic rings. The first-order valence-electron chi connectivity index (χ1n) is 5.60. The minimum absolute atomic E-state index is 0. The minimum atomic E-state index is -3.78. The summed E-state index contributed by atoms with van der Waals surface area (Å²) in [5, 5.41) is 3.32. The first-order chi connectivity index (χ1) is 8.41. The number of hydrogen-bond acceptors (Lipinski definition) is 3. The van der Waals surface area contributed by atoms with Gasteiger partial charge in [-0.1, -0.05) is 11.6 Å². The predicted molar refractivity (Wildman–Crippen MR) is 74.9 cm³/mol. The summed E-state index contributed by atoms with van der Waals surface area (Å²) in [5.41, 5.74) is 0. The van der Waals surface area contributed by atoms with Gasteiger partial charge in [0.1, 0.15) is 10.7 Å². The summed E-state index contributed by atoms with van der Waals surface area (Å²) in [6.07, 6.45) is 0. The van der Waals surface area contributed by atoms with Crippen LogP contribution in [0.3, 0.4) is 0 Å². The smallest absolute Gasteiger partial charge is 0.246 e. The van der Waals surface area contributed by atoms with Gasteiger partial charge in [-0.2, -0.15) is 4.31 Å². The molecular formula is C11H15Cl2FN2O2S. The molecule has 1 aromatic rings. The lowest BCUT2D eigenvalue weighted by atomic mass is 10.3. The zero-order valence-electron chi connectivity index (χ0n) is 10.3. The van der Waals surface area contributed by atoms with Gasteiger partial charge >= 0.3 is 0 Å². The number of hydrogen-bond donors (Lipinski definition) is 1. The summed E-state index contributed by atoms with van der Waals surface area (Å²) >= 11 is 5.62. The maximum atomic E-state index is 13.7. The van der Waals surface area contributed by atoms with E-state index < -0.39 is 15.8 Å². The van der Waals surface area contributed by atoms with Gasteiger partial charge in [0, 0.05) is 30.7 Å². The van der Waals surface area contributed by atoms with E-state index in [1.54, 1.807) is 0 Å². The van der Waals surface area contributed by atoms with E-state index in [4.69, 9.17) is 11.6 Å². The SMILES string of the molecule is C[C@@H]1CN(S(=O)(=O)c2ccc(Cl)cc2F)CCN1.Cl. The van der Waals surface area contributed by atoms with E-state index in [0.717, 1.165) is 6.07 Å². The Morgan fingerprint density at radius 3 is 2.74 bits per heavy atom. The minimum Gasteiger partial charge on any atom is -0.312 e. The molecule has 0 amide bonds. The van der Waals surface area contributed by atoms with Gasteiger partial charge in [-0.3, -0.25) is 0 Å². The number of piperazine rings is 1. The Labute approximate surface area is 123 Å². The lowest BCUT2D eigenvalue weighted by molar-refractivity contribution is 0.309. The molecule has 0 aromatic heterocycles. The maximum absolute atomic E-state index is 13.7. The second kappa shape index (κ2) is 6.37. The molecule has 0 bridgehead atoms. The Kier molecular flexibility index (Phi) is 5.58. The van der Waals surface area contributed by atoms with Gasteiger partial charge in [-0.15, -0.1) is 12.4 Å². The van der Waals surface area contributed by atoms with E-state index in [9.17, 15) is 12.8 Å². The van der Waals surface area contributed by atoms with Crippen LogP contribution in [0.15, 0.2) is 23.1 Å². The Morgan fingerprint density at radius 1 is 1.47 bits per heavy atom. The normalized spacial score (nSPS) is 20.9. The largest absolute Gasteiger partial charge is 0.312 e. The molecule has 8 heteroatoms. The highest BCUT2D eigenvalue weighted by molar-refractivity contribution is 7.89. The Balaban J connectivity index is 0.00000180. The standard InChI is InChI=1S/C11H14ClFN2O2S.ClH/c1-8-7-15(5-4-14-8)18(16,17)11-3-2-9(12)6-10(11)13;/h2-3,6,8,14H,4-5,7H2,1H3;1H/t8-;/m1./s1. The highest BCUT2D eigenvalue weighted by atomic mass is 35.5. The van der Waals surface area contributed by atoms with Gasteiger partial charge in [-0.25, -0.2) is 12.8 Å². The van der Waals surface area contributed by atoms with Gasteiger partial charge in [0.05, 0.1) is 0 Å². The van der Waals surface area contributed by atoms with E-state index in [1.807, 2.05) is 6.92 Å². The average molecular weight is 329 g/mol. The summed E-state index contributed by atoms with van der Waals surface area (Å²) in [4.78, 5) is -0.319. The quantitative estimate of drug-likeness (QED) is 0.901. The Morgan fingerprint density at radius 2 is 2.16 bits per heavy atom. The topological polar surface area (TPSA) is 49.4 Å². The van der Waals surface area contributed by atoms with E-state index in [1.165, 1.54) is 16.4 Å². The molecule has 0 radical (unpaired) electrons. The highest BCUT2D eigenvalue weighted by Crippen LogP contribution is 2.23. The van der Waals surface area contributed by atoms with Crippen molar-refractivity contribution in [2.24, 2.45) is 0 Å². The molecule has 1 atom stereocenters. The Hall–Kier alpha value is -0.400. The second-order valence-corrected chi connectivity index (χ2v) is 6.64. The monoisotopic (exact) mass is 328 g/mol. The molecular weight excluding hydrogens is 314 g/mol. The Bertz CT molecular complexity index is 554. The van der Waals surface area contributed by atoms with Gasteiger partial charge in [-0.05, 0) is 25.1 Å². The van der Waals surface area contributed by atoms with Crippen molar-refractivity contribution in [1.29, 1.82) is 0 Å². The fourth-order valence-corrected chi connectivity index (χ4v) is 3.67. The summed E-state index contributed by atoms with van der Waals surface area (Å²) < 4.78 is 39.5. The van der Waals surface area contributed by atoms with E-state index >= 15 is 0 Å². The third kappa shape index (κ3) is 3.58. The first kappa shape index (κ1) is 16.7. The van der Waals surface area contributed by atoms with Crippen LogP contribution in [-0.4, -0.2) is 38.4 Å². The van der Waals surface area contributed by atoms with Gasteiger partial charge < -0.3 is 5.32 Å². The third-order valence-electron chi connectivity index (χ3n) is 2.84. The van der Waals surface area contributed by atoms with Crippen molar-refractivity contribution in [3.63, 3.8) is 0 Å². The van der Waals surface area contributed by atoms with Crippen LogP contribution in [0.25, 0.3) is 0 Å². The highest BCUT2D eigenvalue weighted by Gasteiger charge is 2.30. The molecule has 19 heavy (non-hydrogen) atoms. The number of nitrogens with zero attached hydrogens (tertiary/aromatic N) is 1. The zero-order chi connectivity index (χ0) is 13.3. The molecule has 0 aliphatic carbocycles. The molecule has 108 valence electrons. The van der Waals surface area contributed by atoms with Crippen molar-refractivity contribution < 1.29 is 12.8 Å².